The van der Waals surface area contributed by atoms with Gasteiger partial charge in [0.2, 0.25) is 0 Å². The Balaban J connectivity index is 1.94. The highest BCUT2D eigenvalue weighted by Gasteiger charge is 2.28. The third-order valence-electron chi connectivity index (χ3n) is 3.84. The maximum Gasteiger partial charge on any atom is 0.398 e. The van der Waals surface area contributed by atoms with Crippen molar-refractivity contribution < 1.29 is 30.8 Å². The zero-order valence-electron chi connectivity index (χ0n) is 15.1. The van der Waals surface area contributed by atoms with E-state index in [2.05, 4.69) is 5.32 Å². The summed E-state index contributed by atoms with van der Waals surface area (Å²) < 4.78 is 66.9. The van der Waals surface area contributed by atoms with Gasteiger partial charge in [-0.1, -0.05) is 30.3 Å². The Morgan fingerprint density at radius 3 is 2.45 bits per heavy atom. The van der Waals surface area contributed by atoms with Crippen LogP contribution in [0.3, 0.4) is 0 Å². The third-order valence-corrected chi connectivity index (χ3v) is 5.79. The average Bonchev–Trinajstić information content (AvgIpc) is 2.97. The van der Waals surface area contributed by atoms with E-state index >= 15 is 0 Å². The van der Waals surface area contributed by atoms with Crippen LogP contribution in [0.25, 0.3) is 11.0 Å². The number of carbonyl (C=O) groups is 1. The fraction of sp³-hybridized carbons (Fsp3) is 0.211. The molecule has 29 heavy (non-hydrogen) atoms. The molecule has 10 heteroatoms. The molecule has 0 radical (unpaired) electrons. The maximum absolute atomic E-state index is 12.8. The van der Waals surface area contributed by atoms with Crippen LogP contribution in [0.15, 0.2) is 57.8 Å². The first-order valence-corrected chi connectivity index (χ1v) is 11.4. The number of carbonyl (C=O) groups excluding carboxylic acids is 1. The van der Waals surface area contributed by atoms with Crippen LogP contribution in [0.4, 0.5) is 18.9 Å². The van der Waals surface area contributed by atoms with Crippen molar-refractivity contribution in [1.82, 2.24) is 0 Å². The Hall–Kier alpha value is -2.46. The molecule has 3 aromatic rings. The number of nitrogens with one attached hydrogen (secondary N) is 1. The second kappa shape index (κ2) is 8.11. The lowest BCUT2D eigenvalue weighted by atomic mass is 10.1. The van der Waals surface area contributed by atoms with Crippen LogP contribution in [0, 0.1) is 0 Å². The number of rotatable bonds is 6. The van der Waals surface area contributed by atoms with Crippen LogP contribution in [0.2, 0.25) is 0 Å². The minimum Gasteiger partial charge on any atom is -0.451 e. The number of anilines is 1. The molecular formula is C19H16F3NO4S2. The molecule has 0 saturated heterocycles. The van der Waals surface area contributed by atoms with E-state index in [0.717, 1.165) is 6.26 Å². The molecule has 0 bridgehead atoms. The Morgan fingerprint density at radius 2 is 1.76 bits per heavy atom. The summed E-state index contributed by atoms with van der Waals surface area (Å²) in [5.41, 5.74) is 0.731. The molecular weight excluding hydrogens is 427 g/mol. The van der Waals surface area contributed by atoms with Gasteiger partial charge in [0.25, 0.3) is 5.91 Å². The van der Waals surface area contributed by atoms with Crippen LogP contribution in [-0.4, -0.2) is 32.5 Å². The summed E-state index contributed by atoms with van der Waals surface area (Å²) >= 11 is 0.544. The molecule has 0 aliphatic heterocycles. The zero-order chi connectivity index (χ0) is 21.2. The molecule has 1 N–H and O–H groups in total. The van der Waals surface area contributed by atoms with Crippen LogP contribution in [0.5, 0.6) is 0 Å². The van der Waals surface area contributed by atoms with Crippen molar-refractivity contribution in [2.45, 2.75) is 16.8 Å². The predicted octanol–water partition coefficient (Wildman–Crippen LogP) is 4.88. The van der Waals surface area contributed by atoms with Crippen molar-refractivity contribution in [2.75, 3.05) is 17.3 Å². The van der Waals surface area contributed by atoms with Gasteiger partial charge in [0.15, 0.2) is 15.6 Å². The Morgan fingerprint density at radius 1 is 1.10 bits per heavy atom. The van der Waals surface area contributed by atoms with E-state index in [-0.39, 0.29) is 21.9 Å². The molecule has 1 heterocycles. The van der Waals surface area contributed by atoms with E-state index in [1.807, 2.05) is 0 Å². The number of hydrogen-bond acceptors (Lipinski definition) is 5. The van der Waals surface area contributed by atoms with E-state index in [9.17, 15) is 26.4 Å². The smallest absolute Gasteiger partial charge is 0.398 e. The largest absolute Gasteiger partial charge is 0.451 e. The van der Waals surface area contributed by atoms with Gasteiger partial charge in [0.05, 0.1) is 17.2 Å². The second-order valence-corrected chi connectivity index (χ2v) is 9.49. The number of sulfone groups is 1. The summed E-state index contributed by atoms with van der Waals surface area (Å²) in [5.74, 6) is -2.44. The number of halogens is 3. The molecule has 1 aromatic heterocycles. The molecule has 154 valence electrons. The van der Waals surface area contributed by atoms with Gasteiger partial charge in [-0.15, -0.1) is 11.8 Å². The molecule has 0 atom stereocenters. The number of hydrogen-bond donors (Lipinski definition) is 1. The monoisotopic (exact) mass is 443 g/mol. The van der Waals surface area contributed by atoms with Gasteiger partial charge in [0, 0.05) is 22.1 Å². The fourth-order valence-corrected chi connectivity index (χ4v) is 4.30. The summed E-state index contributed by atoms with van der Waals surface area (Å²) in [5, 5.41) is 3.02. The van der Waals surface area contributed by atoms with E-state index in [1.54, 1.807) is 36.4 Å². The molecule has 5 nitrogen and oxygen atoms in total. The number of para-hydroxylation sites is 2. The van der Waals surface area contributed by atoms with Gasteiger partial charge in [-0.05, 0) is 18.2 Å². The maximum atomic E-state index is 12.8. The number of thioether (sulfide) groups is 1. The van der Waals surface area contributed by atoms with E-state index < -0.39 is 33.4 Å². The van der Waals surface area contributed by atoms with Crippen LogP contribution >= 0.6 is 11.8 Å². The summed E-state index contributed by atoms with van der Waals surface area (Å²) in [6.07, 6.45) is -3.32. The second-order valence-electron chi connectivity index (χ2n) is 6.33. The molecule has 0 saturated carbocycles. The highest BCUT2D eigenvalue weighted by molar-refractivity contribution is 7.99. The van der Waals surface area contributed by atoms with Crippen LogP contribution in [0.1, 0.15) is 16.1 Å². The minimum absolute atomic E-state index is 0.178. The molecule has 0 fully saturated rings. The van der Waals surface area contributed by atoms with E-state index in [4.69, 9.17) is 4.42 Å². The number of furan rings is 1. The van der Waals surface area contributed by atoms with Gasteiger partial charge < -0.3 is 9.73 Å². The van der Waals surface area contributed by atoms with Gasteiger partial charge in [-0.25, -0.2) is 8.42 Å². The van der Waals surface area contributed by atoms with Crippen LogP contribution in [-0.2, 0) is 15.6 Å². The van der Waals surface area contributed by atoms with Crippen molar-refractivity contribution in [1.29, 1.82) is 0 Å². The molecule has 1 amide bonds. The van der Waals surface area contributed by atoms with Gasteiger partial charge in [-0.2, -0.15) is 13.2 Å². The average molecular weight is 443 g/mol. The minimum atomic E-state index is -4.36. The van der Waals surface area contributed by atoms with E-state index in [1.165, 1.54) is 12.1 Å². The number of fused-ring (bicyclic) bond motifs is 1. The van der Waals surface area contributed by atoms with Gasteiger partial charge in [-0.3, -0.25) is 4.79 Å². The Kier molecular flexibility index (Phi) is 5.95. The lowest BCUT2D eigenvalue weighted by molar-refractivity contribution is -0.105. The lowest BCUT2D eigenvalue weighted by Gasteiger charge is -2.11. The van der Waals surface area contributed by atoms with Crippen molar-refractivity contribution in [3.63, 3.8) is 0 Å². The molecule has 0 unspecified atom stereocenters. The number of amides is 1. The zero-order valence-corrected chi connectivity index (χ0v) is 16.7. The molecule has 0 aliphatic carbocycles. The van der Waals surface area contributed by atoms with Crippen molar-refractivity contribution in [3.8, 4) is 0 Å². The number of benzene rings is 2. The molecule has 0 spiro atoms. The first kappa shape index (κ1) is 21.3. The first-order valence-electron chi connectivity index (χ1n) is 8.31. The third kappa shape index (κ3) is 5.54. The van der Waals surface area contributed by atoms with Crippen molar-refractivity contribution in [3.05, 3.63) is 59.9 Å². The lowest BCUT2D eigenvalue weighted by Crippen LogP contribution is -2.15. The molecule has 0 aliphatic rings. The van der Waals surface area contributed by atoms with Crippen LogP contribution < -0.4 is 5.32 Å². The van der Waals surface area contributed by atoms with Crippen molar-refractivity contribution in [2.24, 2.45) is 0 Å². The topological polar surface area (TPSA) is 76.4 Å². The number of alkyl halides is 3. The highest BCUT2D eigenvalue weighted by atomic mass is 32.2. The Labute approximate surface area is 169 Å². The predicted molar refractivity (Wildman–Crippen MR) is 106 cm³/mol. The summed E-state index contributed by atoms with van der Waals surface area (Å²) in [6, 6.07) is 12.7. The molecule has 3 rings (SSSR count). The van der Waals surface area contributed by atoms with Crippen molar-refractivity contribution >= 4 is 44.2 Å². The Bertz CT molecular complexity index is 1150. The van der Waals surface area contributed by atoms with Gasteiger partial charge in [0.1, 0.15) is 5.58 Å². The molecule has 2 aromatic carbocycles. The van der Waals surface area contributed by atoms with E-state index in [0.29, 0.717) is 22.7 Å². The fourth-order valence-electron chi connectivity index (χ4n) is 2.72. The first-order chi connectivity index (χ1) is 13.5. The summed E-state index contributed by atoms with van der Waals surface area (Å²) in [7, 11) is -3.47. The SMILES string of the molecule is CS(=O)(=O)Cc1c(C(=O)Nc2ccccc2SCC(F)(F)F)oc2ccccc12. The summed E-state index contributed by atoms with van der Waals surface area (Å²) in [6.45, 7) is 0. The standard InChI is InChI=1S/C19H16F3NO4S2/c1-29(25,26)10-13-12-6-2-4-8-15(12)27-17(13)18(24)23-14-7-3-5-9-16(14)28-11-19(20,21)22/h2-9H,10-11H2,1H3,(H,23,24). The highest BCUT2D eigenvalue weighted by Crippen LogP contribution is 2.33. The van der Waals surface area contributed by atoms with Gasteiger partial charge >= 0.3 is 6.18 Å². The quantitative estimate of drug-likeness (QED) is 0.550. The summed E-state index contributed by atoms with van der Waals surface area (Å²) in [4.78, 5) is 13.0. The normalized spacial score (nSPS) is 12.3.